The molecule has 6 nitrogen and oxygen atoms in total. The summed E-state index contributed by atoms with van der Waals surface area (Å²) in [5.41, 5.74) is 7.21. The topological polar surface area (TPSA) is 78.7 Å². The molecule has 0 bridgehead atoms. The molecule has 1 aliphatic heterocycles. The standard InChI is InChI=1S/C17H26N4O2/c1-3-19-17(23)21-11-9-20(10-12-21)16(22)13(2)15(18)14-7-5-4-6-8-14/h4-8,13,15H,3,9-12,18H2,1-2H3,(H,19,23). The van der Waals surface area contributed by atoms with Gasteiger partial charge in [-0.2, -0.15) is 0 Å². The van der Waals surface area contributed by atoms with Crippen LogP contribution in [0.15, 0.2) is 30.3 Å². The Hall–Kier alpha value is -2.08. The highest BCUT2D eigenvalue weighted by molar-refractivity contribution is 5.80. The minimum atomic E-state index is -0.315. The van der Waals surface area contributed by atoms with Gasteiger partial charge in [-0.05, 0) is 12.5 Å². The molecule has 1 aromatic rings. The SMILES string of the molecule is CCNC(=O)N1CCN(C(=O)C(C)C(N)c2ccccc2)CC1. The number of piperazine rings is 1. The predicted molar refractivity (Wildman–Crippen MR) is 89.8 cm³/mol. The highest BCUT2D eigenvalue weighted by Crippen LogP contribution is 2.21. The first kappa shape index (κ1) is 17.3. The molecule has 126 valence electrons. The average Bonchev–Trinajstić information content (AvgIpc) is 2.61. The maximum atomic E-state index is 12.6. The van der Waals surface area contributed by atoms with Crippen molar-refractivity contribution in [2.75, 3.05) is 32.7 Å². The first-order valence-corrected chi connectivity index (χ1v) is 8.16. The third kappa shape index (κ3) is 4.22. The van der Waals surface area contributed by atoms with Gasteiger partial charge < -0.3 is 20.9 Å². The fourth-order valence-electron chi connectivity index (χ4n) is 2.80. The molecule has 2 atom stereocenters. The monoisotopic (exact) mass is 318 g/mol. The second-order valence-corrected chi connectivity index (χ2v) is 5.87. The van der Waals surface area contributed by atoms with E-state index < -0.39 is 0 Å². The first-order chi connectivity index (χ1) is 11.0. The fraction of sp³-hybridized carbons (Fsp3) is 0.529. The van der Waals surface area contributed by atoms with E-state index in [9.17, 15) is 9.59 Å². The molecule has 1 heterocycles. The van der Waals surface area contributed by atoms with Crippen LogP contribution in [0.2, 0.25) is 0 Å². The Bertz CT molecular complexity index is 527. The Morgan fingerprint density at radius 1 is 1.13 bits per heavy atom. The number of amides is 3. The lowest BCUT2D eigenvalue weighted by Crippen LogP contribution is -2.54. The number of urea groups is 1. The van der Waals surface area contributed by atoms with E-state index >= 15 is 0 Å². The summed E-state index contributed by atoms with van der Waals surface area (Å²) in [6.45, 7) is 6.61. The van der Waals surface area contributed by atoms with Crippen LogP contribution in [-0.2, 0) is 4.79 Å². The lowest BCUT2D eigenvalue weighted by Gasteiger charge is -2.36. The Balaban J connectivity index is 1.90. The van der Waals surface area contributed by atoms with E-state index in [-0.39, 0.29) is 23.9 Å². The number of hydrogen-bond donors (Lipinski definition) is 2. The lowest BCUT2D eigenvalue weighted by molar-refractivity contribution is -0.137. The van der Waals surface area contributed by atoms with Crippen molar-refractivity contribution >= 4 is 11.9 Å². The number of carbonyl (C=O) groups is 2. The lowest BCUT2D eigenvalue weighted by atomic mass is 9.94. The largest absolute Gasteiger partial charge is 0.339 e. The highest BCUT2D eigenvalue weighted by atomic mass is 16.2. The molecule has 0 spiro atoms. The summed E-state index contributed by atoms with van der Waals surface area (Å²) in [6.07, 6.45) is 0. The van der Waals surface area contributed by atoms with E-state index in [2.05, 4.69) is 5.32 Å². The van der Waals surface area contributed by atoms with Crippen LogP contribution in [0.25, 0.3) is 0 Å². The van der Waals surface area contributed by atoms with E-state index in [1.165, 1.54) is 0 Å². The van der Waals surface area contributed by atoms with Gasteiger partial charge in [-0.15, -0.1) is 0 Å². The second kappa shape index (κ2) is 7.97. The average molecular weight is 318 g/mol. The molecule has 2 unspecified atom stereocenters. The molecule has 0 radical (unpaired) electrons. The zero-order valence-corrected chi connectivity index (χ0v) is 13.9. The van der Waals surface area contributed by atoms with Crippen LogP contribution < -0.4 is 11.1 Å². The van der Waals surface area contributed by atoms with Gasteiger partial charge in [0.2, 0.25) is 5.91 Å². The molecule has 2 rings (SSSR count). The maximum absolute atomic E-state index is 12.6. The minimum Gasteiger partial charge on any atom is -0.339 e. The molecule has 0 aliphatic carbocycles. The number of carbonyl (C=O) groups excluding carboxylic acids is 2. The van der Waals surface area contributed by atoms with Crippen LogP contribution in [0.4, 0.5) is 4.79 Å². The van der Waals surface area contributed by atoms with Crippen LogP contribution in [0.1, 0.15) is 25.5 Å². The smallest absolute Gasteiger partial charge is 0.317 e. The quantitative estimate of drug-likeness (QED) is 0.875. The molecule has 1 aliphatic rings. The van der Waals surface area contributed by atoms with E-state index in [4.69, 9.17) is 5.73 Å². The number of nitrogens with zero attached hydrogens (tertiary/aromatic N) is 2. The summed E-state index contributed by atoms with van der Waals surface area (Å²) in [5.74, 6) is -0.231. The van der Waals surface area contributed by atoms with Gasteiger partial charge in [0.15, 0.2) is 0 Å². The highest BCUT2D eigenvalue weighted by Gasteiger charge is 2.30. The molecular weight excluding hydrogens is 292 g/mol. The molecule has 1 saturated heterocycles. The van der Waals surface area contributed by atoms with Crippen molar-refractivity contribution in [1.82, 2.24) is 15.1 Å². The number of nitrogens with one attached hydrogen (secondary N) is 1. The summed E-state index contributed by atoms with van der Waals surface area (Å²) in [6, 6.07) is 9.31. The molecule has 0 saturated carbocycles. The van der Waals surface area contributed by atoms with Gasteiger partial charge in [0.25, 0.3) is 0 Å². The maximum Gasteiger partial charge on any atom is 0.317 e. The van der Waals surface area contributed by atoms with Crippen LogP contribution in [0.5, 0.6) is 0 Å². The second-order valence-electron chi connectivity index (χ2n) is 5.87. The number of nitrogens with two attached hydrogens (primary N) is 1. The molecule has 0 aromatic heterocycles. The van der Waals surface area contributed by atoms with Crippen molar-refractivity contribution in [3.63, 3.8) is 0 Å². The molecular formula is C17H26N4O2. The van der Waals surface area contributed by atoms with Gasteiger partial charge in [0, 0.05) is 38.8 Å². The summed E-state index contributed by atoms with van der Waals surface area (Å²) in [4.78, 5) is 28.0. The van der Waals surface area contributed by atoms with Crippen molar-refractivity contribution < 1.29 is 9.59 Å². The third-order valence-electron chi connectivity index (χ3n) is 4.32. The number of rotatable bonds is 4. The third-order valence-corrected chi connectivity index (χ3v) is 4.32. The van der Waals surface area contributed by atoms with E-state index in [1.807, 2.05) is 49.1 Å². The minimum absolute atomic E-state index is 0.0527. The zero-order chi connectivity index (χ0) is 16.8. The van der Waals surface area contributed by atoms with Crippen molar-refractivity contribution in [2.24, 2.45) is 11.7 Å². The zero-order valence-electron chi connectivity index (χ0n) is 13.9. The Kier molecular flexibility index (Phi) is 5.98. The Morgan fingerprint density at radius 3 is 2.26 bits per heavy atom. The van der Waals surface area contributed by atoms with E-state index in [1.54, 1.807) is 4.90 Å². The molecule has 3 amide bonds. The van der Waals surface area contributed by atoms with Gasteiger partial charge in [-0.1, -0.05) is 37.3 Å². The number of hydrogen-bond acceptors (Lipinski definition) is 3. The van der Waals surface area contributed by atoms with Crippen molar-refractivity contribution in [2.45, 2.75) is 19.9 Å². The summed E-state index contributed by atoms with van der Waals surface area (Å²) in [5, 5.41) is 2.79. The van der Waals surface area contributed by atoms with Gasteiger partial charge in [-0.3, -0.25) is 4.79 Å². The van der Waals surface area contributed by atoms with Gasteiger partial charge in [0.1, 0.15) is 0 Å². The normalized spacial score (nSPS) is 17.5. The molecule has 1 fully saturated rings. The summed E-state index contributed by atoms with van der Waals surface area (Å²) in [7, 11) is 0. The Labute approximate surface area is 137 Å². The van der Waals surface area contributed by atoms with Crippen molar-refractivity contribution in [1.29, 1.82) is 0 Å². The van der Waals surface area contributed by atoms with Crippen LogP contribution in [0, 0.1) is 5.92 Å². The van der Waals surface area contributed by atoms with Gasteiger partial charge >= 0.3 is 6.03 Å². The molecule has 3 N–H and O–H groups in total. The van der Waals surface area contributed by atoms with E-state index in [0.717, 1.165) is 5.56 Å². The summed E-state index contributed by atoms with van der Waals surface area (Å²) >= 11 is 0. The van der Waals surface area contributed by atoms with Crippen LogP contribution in [0.3, 0.4) is 0 Å². The van der Waals surface area contributed by atoms with E-state index in [0.29, 0.717) is 32.7 Å². The van der Waals surface area contributed by atoms with Crippen LogP contribution in [-0.4, -0.2) is 54.5 Å². The van der Waals surface area contributed by atoms with Gasteiger partial charge in [0.05, 0.1) is 5.92 Å². The molecule has 23 heavy (non-hydrogen) atoms. The first-order valence-electron chi connectivity index (χ1n) is 8.16. The van der Waals surface area contributed by atoms with Crippen LogP contribution >= 0.6 is 0 Å². The van der Waals surface area contributed by atoms with Gasteiger partial charge in [-0.25, -0.2) is 4.79 Å². The molecule has 1 aromatic carbocycles. The van der Waals surface area contributed by atoms with Crippen molar-refractivity contribution in [3.8, 4) is 0 Å². The molecule has 6 heteroatoms. The van der Waals surface area contributed by atoms with Crippen molar-refractivity contribution in [3.05, 3.63) is 35.9 Å². The Morgan fingerprint density at radius 2 is 1.70 bits per heavy atom. The summed E-state index contributed by atoms with van der Waals surface area (Å²) < 4.78 is 0. The number of benzene rings is 1. The predicted octanol–water partition coefficient (Wildman–Crippen LogP) is 1.20. The fourth-order valence-corrected chi connectivity index (χ4v) is 2.80.